The molecule has 0 N–H and O–H groups in total. The predicted molar refractivity (Wildman–Crippen MR) is 101 cm³/mol. The van der Waals surface area contributed by atoms with Crippen LogP contribution in [0.1, 0.15) is 37.3 Å². The van der Waals surface area contributed by atoms with Crippen LogP contribution in [0.5, 0.6) is 0 Å². The van der Waals surface area contributed by atoms with Gasteiger partial charge >= 0.3 is 0 Å². The van der Waals surface area contributed by atoms with E-state index >= 15 is 0 Å². The van der Waals surface area contributed by atoms with Crippen molar-refractivity contribution in [3.05, 3.63) is 35.4 Å². The van der Waals surface area contributed by atoms with E-state index in [2.05, 4.69) is 48.0 Å². The van der Waals surface area contributed by atoms with Crippen LogP contribution in [0, 0.1) is 0 Å². The molecule has 4 rings (SSSR count). The Morgan fingerprint density at radius 1 is 1.08 bits per heavy atom. The molecule has 2 heterocycles. The number of nitrogens with zero attached hydrogens (tertiary/aromatic N) is 3. The molecule has 3 aliphatic rings. The molecule has 2 aliphatic heterocycles. The third kappa shape index (κ3) is 3.11. The second kappa shape index (κ2) is 6.73. The van der Waals surface area contributed by atoms with Crippen molar-refractivity contribution in [1.29, 1.82) is 0 Å². The maximum absolute atomic E-state index is 12.4. The summed E-state index contributed by atoms with van der Waals surface area (Å²) in [6.07, 6.45) is 5.21. The van der Waals surface area contributed by atoms with Gasteiger partial charge in [-0.15, -0.1) is 0 Å². The number of hydrogen-bond acceptors (Lipinski definition) is 3. The highest BCUT2D eigenvalue weighted by atomic mass is 16.2. The zero-order chi connectivity index (χ0) is 17.4. The highest BCUT2D eigenvalue weighted by molar-refractivity contribution is 5.76. The fraction of sp³-hybridized carbons (Fsp3) is 0.667. The molecule has 1 amide bonds. The smallest absolute Gasteiger partial charge is 0.222 e. The van der Waals surface area contributed by atoms with E-state index in [1.807, 2.05) is 4.90 Å². The van der Waals surface area contributed by atoms with E-state index in [0.717, 1.165) is 45.6 Å². The third-order valence-electron chi connectivity index (χ3n) is 6.96. The molecule has 1 unspecified atom stereocenters. The van der Waals surface area contributed by atoms with E-state index in [0.29, 0.717) is 18.4 Å². The van der Waals surface area contributed by atoms with Crippen LogP contribution < -0.4 is 0 Å². The fourth-order valence-electron chi connectivity index (χ4n) is 5.16. The van der Waals surface area contributed by atoms with E-state index in [1.54, 1.807) is 0 Å². The van der Waals surface area contributed by atoms with E-state index in [9.17, 15) is 4.79 Å². The fourth-order valence-corrected chi connectivity index (χ4v) is 5.16. The van der Waals surface area contributed by atoms with Gasteiger partial charge < -0.3 is 4.90 Å². The van der Waals surface area contributed by atoms with Gasteiger partial charge in [0.25, 0.3) is 0 Å². The minimum Gasteiger partial charge on any atom is -0.343 e. The van der Waals surface area contributed by atoms with Gasteiger partial charge in [0.1, 0.15) is 0 Å². The maximum Gasteiger partial charge on any atom is 0.222 e. The lowest BCUT2D eigenvalue weighted by molar-refractivity contribution is -0.130. The van der Waals surface area contributed by atoms with Gasteiger partial charge in [-0.25, -0.2) is 0 Å². The van der Waals surface area contributed by atoms with Gasteiger partial charge in [-0.3, -0.25) is 14.6 Å². The summed E-state index contributed by atoms with van der Waals surface area (Å²) in [5.74, 6) is 0.346. The van der Waals surface area contributed by atoms with Crippen LogP contribution in [0.15, 0.2) is 24.3 Å². The average molecular weight is 341 g/mol. The number of piperazine rings is 1. The number of hydrogen-bond donors (Lipinski definition) is 0. The van der Waals surface area contributed by atoms with Crippen molar-refractivity contribution in [2.75, 3.05) is 39.8 Å². The van der Waals surface area contributed by atoms with Gasteiger partial charge in [0, 0.05) is 50.7 Å². The van der Waals surface area contributed by atoms with E-state index in [-0.39, 0.29) is 5.54 Å². The SMILES string of the molecule is CCN1CCC2(CCC1=O)CN(C1Cc3ccccc3C1)CCN2C. The Balaban J connectivity index is 1.49. The number of fused-ring (bicyclic) bond motifs is 1. The Morgan fingerprint density at radius 2 is 1.80 bits per heavy atom. The van der Waals surface area contributed by atoms with Crippen LogP contribution in [0.25, 0.3) is 0 Å². The quantitative estimate of drug-likeness (QED) is 0.825. The van der Waals surface area contributed by atoms with Gasteiger partial charge in [0.2, 0.25) is 5.91 Å². The highest BCUT2D eigenvalue weighted by Gasteiger charge is 2.44. The highest BCUT2D eigenvalue weighted by Crippen LogP contribution is 2.35. The van der Waals surface area contributed by atoms with Crippen LogP contribution in [-0.2, 0) is 17.6 Å². The molecule has 2 saturated heterocycles. The van der Waals surface area contributed by atoms with Crippen molar-refractivity contribution in [1.82, 2.24) is 14.7 Å². The molecule has 2 fully saturated rings. The van der Waals surface area contributed by atoms with E-state index in [1.165, 1.54) is 24.0 Å². The molecule has 0 saturated carbocycles. The Bertz CT molecular complexity index is 621. The standard InChI is InChI=1S/C21H31N3O/c1-3-23-11-10-21(9-8-20(23)25)16-24(13-12-22(21)2)19-14-17-6-4-5-7-18(17)15-19/h4-7,19H,3,8-16H2,1-2H3. The number of likely N-dealkylation sites (N-methyl/N-ethyl adjacent to an activating group) is 1. The molecule has 1 aromatic rings. The lowest BCUT2D eigenvalue weighted by Crippen LogP contribution is -2.63. The molecule has 4 nitrogen and oxygen atoms in total. The summed E-state index contributed by atoms with van der Waals surface area (Å²) in [5, 5.41) is 0. The molecule has 1 aliphatic carbocycles. The Morgan fingerprint density at radius 3 is 2.48 bits per heavy atom. The summed E-state index contributed by atoms with van der Waals surface area (Å²) in [6.45, 7) is 7.25. The van der Waals surface area contributed by atoms with Gasteiger partial charge in [0.05, 0.1) is 0 Å². The molecule has 1 aromatic carbocycles. The van der Waals surface area contributed by atoms with Crippen LogP contribution in [0.3, 0.4) is 0 Å². The lowest BCUT2D eigenvalue weighted by atomic mass is 9.85. The third-order valence-corrected chi connectivity index (χ3v) is 6.96. The van der Waals surface area contributed by atoms with Gasteiger partial charge in [-0.2, -0.15) is 0 Å². The van der Waals surface area contributed by atoms with Gasteiger partial charge in [0.15, 0.2) is 0 Å². The Kier molecular flexibility index (Phi) is 4.59. The molecule has 1 spiro atoms. The minimum absolute atomic E-state index is 0.173. The first-order chi connectivity index (χ1) is 12.1. The van der Waals surface area contributed by atoms with Crippen LogP contribution in [-0.4, -0.2) is 72.0 Å². The summed E-state index contributed by atoms with van der Waals surface area (Å²) in [4.78, 5) is 19.7. The number of likely N-dealkylation sites (tertiary alicyclic amines) is 1. The lowest BCUT2D eigenvalue weighted by Gasteiger charge is -2.51. The van der Waals surface area contributed by atoms with Gasteiger partial charge in [-0.1, -0.05) is 24.3 Å². The zero-order valence-corrected chi connectivity index (χ0v) is 15.7. The molecule has 136 valence electrons. The average Bonchev–Trinajstić information content (AvgIpc) is 2.99. The first-order valence-electron chi connectivity index (χ1n) is 9.91. The molecule has 1 atom stereocenters. The number of amides is 1. The normalized spacial score (nSPS) is 29.2. The summed E-state index contributed by atoms with van der Waals surface area (Å²) in [7, 11) is 2.27. The second-order valence-electron chi connectivity index (χ2n) is 8.17. The van der Waals surface area contributed by atoms with Crippen molar-refractivity contribution in [3.63, 3.8) is 0 Å². The van der Waals surface area contributed by atoms with E-state index < -0.39 is 0 Å². The molecule has 0 bridgehead atoms. The van der Waals surface area contributed by atoms with Crippen LogP contribution in [0.4, 0.5) is 0 Å². The van der Waals surface area contributed by atoms with Crippen molar-refractivity contribution in [2.24, 2.45) is 0 Å². The van der Waals surface area contributed by atoms with Crippen LogP contribution >= 0.6 is 0 Å². The van der Waals surface area contributed by atoms with Crippen LogP contribution in [0.2, 0.25) is 0 Å². The first-order valence-corrected chi connectivity index (χ1v) is 9.91. The summed E-state index contributed by atoms with van der Waals surface area (Å²) in [6, 6.07) is 9.57. The number of carbonyl (C=O) groups excluding carboxylic acids is 1. The van der Waals surface area contributed by atoms with Crippen molar-refractivity contribution in [2.45, 2.75) is 50.6 Å². The van der Waals surface area contributed by atoms with Gasteiger partial charge in [-0.05, 0) is 50.8 Å². The molecule has 4 heteroatoms. The van der Waals surface area contributed by atoms with Crippen molar-refractivity contribution in [3.8, 4) is 0 Å². The predicted octanol–water partition coefficient (Wildman–Crippen LogP) is 2.17. The first kappa shape index (κ1) is 17.0. The molecular formula is C21H31N3O. The van der Waals surface area contributed by atoms with Crippen molar-refractivity contribution < 1.29 is 4.79 Å². The number of benzene rings is 1. The number of rotatable bonds is 2. The molecule has 25 heavy (non-hydrogen) atoms. The monoisotopic (exact) mass is 341 g/mol. The van der Waals surface area contributed by atoms with Crippen molar-refractivity contribution >= 4 is 5.91 Å². The minimum atomic E-state index is 0.173. The summed E-state index contributed by atoms with van der Waals surface area (Å²) < 4.78 is 0. The Hall–Kier alpha value is -1.39. The maximum atomic E-state index is 12.4. The zero-order valence-electron chi connectivity index (χ0n) is 15.7. The topological polar surface area (TPSA) is 26.8 Å². The molecule has 0 radical (unpaired) electrons. The summed E-state index contributed by atoms with van der Waals surface area (Å²) in [5.41, 5.74) is 3.24. The summed E-state index contributed by atoms with van der Waals surface area (Å²) >= 11 is 0. The largest absolute Gasteiger partial charge is 0.343 e. The van der Waals surface area contributed by atoms with E-state index in [4.69, 9.17) is 0 Å². The molecule has 0 aromatic heterocycles. The molecular weight excluding hydrogens is 310 g/mol. The second-order valence-corrected chi connectivity index (χ2v) is 8.17. The number of carbonyl (C=O) groups is 1. The Labute approximate surface area is 151 Å².